The van der Waals surface area contributed by atoms with E-state index in [0.29, 0.717) is 19.6 Å². The Kier molecular flexibility index (Phi) is 3.85. The molecule has 19 heavy (non-hydrogen) atoms. The van der Waals surface area contributed by atoms with Gasteiger partial charge in [-0.25, -0.2) is 12.8 Å². The molecule has 0 saturated carbocycles. The third-order valence-electron chi connectivity index (χ3n) is 3.28. The van der Waals surface area contributed by atoms with Crippen LogP contribution in [0.5, 0.6) is 0 Å². The van der Waals surface area contributed by atoms with E-state index in [4.69, 9.17) is 11.0 Å². The second kappa shape index (κ2) is 5.25. The number of halogens is 1. The third kappa shape index (κ3) is 2.61. The largest absolute Gasteiger partial charge is 0.330 e. The molecule has 1 heterocycles. The normalized spacial score (nSPS) is 20.4. The van der Waals surface area contributed by atoms with Gasteiger partial charge in [0.05, 0.1) is 10.5 Å². The van der Waals surface area contributed by atoms with Crippen molar-refractivity contribution in [3.05, 3.63) is 29.6 Å². The lowest BCUT2D eigenvalue weighted by atomic mass is 10.1. The van der Waals surface area contributed by atoms with Crippen molar-refractivity contribution in [2.24, 2.45) is 11.7 Å². The lowest BCUT2D eigenvalue weighted by Crippen LogP contribution is -2.30. The van der Waals surface area contributed by atoms with E-state index in [0.717, 1.165) is 18.6 Å². The average Bonchev–Trinajstić information content (AvgIpc) is 2.88. The van der Waals surface area contributed by atoms with E-state index in [1.165, 1.54) is 10.4 Å². The Morgan fingerprint density at radius 1 is 1.53 bits per heavy atom. The maximum absolute atomic E-state index is 13.2. The van der Waals surface area contributed by atoms with Crippen LogP contribution in [0.3, 0.4) is 0 Å². The van der Waals surface area contributed by atoms with Crippen LogP contribution in [0, 0.1) is 23.1 Å². The number of nitrogens with two attached hydrogens (primary N) is 1. The summed E-state index contributed by atoms with van der Waals surface area (Å²) in [6.07, 6.45) is 0.724. The van der Waals surface area contributed by atoms with Crippen molar-refractivity contribution in [3.63, 3.8) is 0 Å². The summed E-state index contributed by atoms with van der Waals surface area (Å²) in [6, 6.07) is 4.89. The zero-order valence-corrected chi connectivity index (χ0v) is 11.0. The summed E-state index contributed by atoms with van der Waals surface area (Å²) in [5.41, 5.74) is 5.26. The first-order chi connectivity index (χ1) is 8.98. The molecule has 5 nitrogen and oxygen atoms in total. The van der Waals surface area contributed by atoms with E-state index >= 15 is 0 Å². The fourth-order valence-corrected chi connectivity index (χ4v) is 3.67. The highest BCUT2D eigenvalue weighted by molar-refractivity contribution is 7.89. The molecule has 7 heteroatoms. The van der Waals surface area contributed by atoms with E-state index in [-0.39, 0.29) is 16.4 Å². The Morgan fingerprint density at radius 3 is 2.84 bits per heavy atom. The van der Waals surface area contributed by atoms with E-state index in [9.17, 15) is 12.8 Å². The van der Waals surface area contributed by atoms with E-state index in [2.05, 4.69) is 0 Å². The van der Waals surface area contributed by atoms with Crippen molar-refractivity contribution in [3.8, 4) is 6.07 Å². The first kappa shape index (κ1) is 13.9. The minimum absolute atomic E-state index is 0.0527. The lowest BCUT2D eigenvalue weighted by Gasteiger charge is -2.16. The molecule has 2 N–H and O–H groups in total. The van der Waals surface area contributed by atoms with Crippen molar-refractivity contribution < 1.29 is 12.8 Å². The van der Waals surface area contributed by atoms with Crippen molar-refractivity contribution >= 4 is 10.0 Å². The number of hydrogen-bond acceptors (Lipinski definition) is 4. The van der Waals surface area contributed by atoms with Gasteiger partial charge in [-0.1, -0.05) is 0 Å². The Bertz CT molecular complexity index is 624. The predicted molar refractivity (Wildman–Crippen MR) is 67.0 cm³/mol. The molecule has 0 radical (unpaired) electrons. The highest BCUT2D eigenvalue weighted by Gasteiger charge is 2.32. The van der Waals surface area contributed by atoms with E-state index in [1.54, 1.807) is 6.07 Å². The fraction of sp³-hybridized carbons (Fsp3) is 0.417. The SMILES string of the molecule is N#Cc1cc(S(=O)(=O)N2CC[C@@H](CN)C2)ccc1F. The molecule has 1 aliphatic rings. The van der Waals surface area contributed by atoms with Gasteiger partial charge in [0.15, 0.2) is 0 Å². The monoisotopic (exact) mass is 283 g/mol. The summed E-state index contributed by atoms with van der Waals surface area (Å²) in [4.78, 5) is -0.0527. The predicted octanol–water partition coefficient (Wildman–Crippen LogP) is 0.667. The van der Waals surface area contributed by atoms with Crippen LogP contribution in [0.25, 0.3) is 0 Å². The Morgan fingerprint density at radius 2 is 2.26 bits per heavy atom. The fourth-order valence-electron chi connectivity index (χ4n) is 2.11. The summed E-state index contributed by atoms with van der Waals surface area (Å²) in [5, 5.41) is 8.74. The first-order valence-electron chi connectivity index (χ1n) is 5.89. The Labute approximate surface area is 111 Å². The minimum atomic E-state index is -3.67. The molecule has 1 saturated heterocycles. The molecule has 0 unspecified atom stereocenters. The van der Waals surface area contributed by atoms with Gasteiger partial charge in [0, 0.05) is 13.1 Å². The van der Waals surface area contributed by atoms with Gasteiger partial charge in [0.25, 0.3) is 0 Å². The van der Waals surface area contributed by atoms with Gasteiger partial charge < -0.3 is 5.73 Å². The van der Waals surface area contributed by atoms with Crippen LogP contribution in [0.15, 0.2) is 23.1 Å². The van der Waals surface area contributed by atoms with Gasteiger partial charge in [-0.2, -0.15) is 9.57 Å². The molecular formula is C12H14FN3O2S. The zero-order chi connectivity index (χ0) is 14.0. The van der Waals surface area contributed by atoms with E-state index < -0.39 is 15.8 Å². The molecule has 0 aliphatic carbocycles. The van der Waals surface area contributed by atoms with Gasteiger partial charge in [0.2, 0.25) is 10.0 Å². The van der Waals surface area contributed by atoms with E-state index in [1.807, 2.05) is 0 Å². The highest BCUT2D eigenvalue weighted by atomic mass is 32.2. The lowest BCUT2D eigenvalue weighted by molar-refractivity contribution is 0.459. The van der Waals surface area contributed by atoms with Crippen LogP contribution in [-0.4, -0.2) is 32.4 Å². The highest BCUT2D eigenvalue weighted by Crippen LogP contribution is 2.24. The smallest absolute Gasteiger partial charge is 0.243 e. The number of nitrogens with zero attached hydrogens (tertiary/aromatic N) is 2. The number of nitriles is 1. The minimum Gasteiger partial charge on any atom is -0.330 e. The molecular weight excluding hydrogens is 269 g/mol. The summed E-state index contributed by atoms with van der Waals surface area (Å²) in [5.74, 6) is -0.562. The number of sulfonamides is 1. The van der Waals surface area contributed by atoms with Crippen LogP contribution < -0.4 is 5.73 Å². The second-order valence-electron chi connectivity index (χ2n) is 4.51. The molecule has 1 aromatic carbocycles. The number of benzene rings is 1. The summed E-state index contributed by atoms with van der Waals surface area (Å²) in [7, 11) is -3.67. The average molecular weight is 283 g/mol. The van der Waals surface area contributed by atoms with Crippen LogP contribution in [0.2, 0.25) is 0 Å². The molecule has 0 bridgehead atoms. The Hall–Kier alpha value is -1.49. The first-order valence-corrected chi connectivity index (χ1v) is 7.33. The molecule has 0 spiro atoms. The van der Waals surface area contributed by atoms with Crippen molar-refractivity contribution in [2.45, 2.75) is 11.3 Å². The van der Waals surface area contributed by atoms with Crippen molar-refractivity contribution in [2.75, 3.05) is 19.6 Å². The van der Waals surface area contributed by atoms with Gasteiger partial charge in [-0.3, -0.25) is 0 Å². The van der Waals surface area contributed by atoms with Gasteiger partial charge >= 0.3 is 0 Å². The van der Waals surface area contributed by atoms with Gasteiger partial charge in [-0.05, 0) is 37.1 Å². The van der Waals surface area contributed by atoms with Gasteiger partial charge in [0.1, 0.15) is 11.9 Å². The van der Waals surface area contributed by atoms with Gasteiger partial charge in [-0.15, -0.1) is 0 Å². The molecule has 1 fully saturated rings. The number of rotatable bonds is 3. The summed E-state index contributed by atoms with van der Waals surface area (Å²) >= 11 is 0. The topological polar surface area (TPSA) is 87.2 Å². The maximum atomic E-state index is 13.2. The zero-order valence-electron chi connectivity index (χ0n) is 10.2. The number of hydrogen-bond donors (Lipinski definition) is 1. The molecule has 1 aliphatic heterocycles. The maximum Gasteiger partial charge on any atom is 0.243 e. The standard InChI is InChI=1S/C12H14FN3O2S/c13-12-2-1-11(5-10(12)7-15)19(17,18)16-4-3-9(6-14)8-16/h1-2,5,9H,3-4,6,8,14H2/t9-/m0/s1. The molecule has 1 aromatic rings. The van der Waals surface area contributed by atoms with Crippen LogP contribution in [0.1, 0.15) is 12.0 Å². The van der Waals surface area contributed by atoms with Crippen LogP contribution in [0.4, 0.5) is 4.39 Å². The molecule has 102 valence electrons. The second-order valence-corrected chi connectivity index (χ2v) is 6.44. The summed E-state index contributed by atoms with van der Waals surface area (Å²) in [6.45, 7) is 1.22. The molecule has 1 atom stereocenters. The quantitative estimate of drug-likeness (QED) is 0.883. The Balaban J connectivity index is 2.33. The van der Waals surface area contributed by atoms with Crippen LogP contribution in [-0.2, 0) is 10.0 Å². The molecule has 0 aromatic heterocycles. The molecule has 0 amide bonds. The third-order valence-corrected chi connectivity index (χ3v) is 5.14. The van der Waals surface area contributed by atoms with Crippen LogP contribution >= 0.6 is 0 Å². The van der Waals surface area contributed by atoms with Crippen molar-refractivity contribution in [1.82, 2.24) is 4.31 Å². The van der Waals surface area contributed by atoms with Crippen molar-refractivity contribution in [1.29, 1.82) is 5.26 Å². The summed E-state index contributed by atoms with van der Waals surface area (Å²) < 4.78 is 39.2. The molecule has 2 rings (SSSR count).